The number of fused-ring (bicyclic) bond motifs is 1. The lowest BCUT2D eigenvalue weighted by molar-refractivity contribution is 0.235. The van der Waals surface area contributed by atoms with Crippen molar-refractivity contribution in [3.05, 3.63) is 29.8 Å². The Kier molecular flexibility index (Phi) is 3.52. The minimum Gasteiger partial charge on any atom is -0.383 e. The van der Waals surface area contributed by atoms with Crippen LogP contribution in [0.3, 0.4) is 0 Å². The lowest BCUT2D eigenvalue weighted by atomic mass is 10.00. The molecular weight excluding hydrogens is 214 g/mol. The van der Waals surface area contributed by atoms with Gasteiger partial charge in [-0.1, -0.05) is 18.2 Å². The van der Waals surface area contributed by atoms with Gasteiger partial charge in [-0.05, 0) is 31.9 Å². The highest BCUT2D eigenvalue weighted by molar-refractivity contribution is 5.74. The van der Waals surface area contributed by atoms with Gasteiger partial charge in [0.1, 0.15) is 0 Å². The number of para-hydroxylation sites is 1. The number of amides is 2. The summed E-state index contributed by atoms with van der Waals surface area (Å²) in [5, 5.41) is 9.14. The normalized spacial score (nSPS) is 18.2. The molecule has 1 aromatic carbocycles. The summed E-state index contributed by atoms with van der Waals surface area (Å²) in [6, 6.07) is 8.44. The van der Waals surface area contributed by atoms with Gasteiger partial charge in [0.2, 0.25) is 0 Å². The van der Waals surface area contributed by atoms with Crippen LogP contribution < -0.4 is 16.0 Å². The van der Waals surface area contributed by atoms with Crippen LogP contribution in [0.4, 0.5) is 10.5 Å². The van der Waals surface area contributed by atoms with Crippen LogP contribution in [0.5, 0.6) is 0 Å². The maximum atomic E-state index is 11.6. The summed E-state index contributed by atoms with van der Waals surface area (Å²) in [5.41, 5.74) is 2.43. The highest BCUT2D eigenvalue weighted by Crippen LogP contribution is 2.20. The molecule has 4 heteroatoms. The van der Waals surface area contributed by atoms with Gasteiger partial charge < -0.3 is 16.0 Å². The van der Waals surface area contributed by atoms with E-state index in [-0.39, 0.29) is 18.1 Å². The zero-order valence-corrected chi connectivity index (χ0v) is 10.3. The van der Waals surface area contributed by atoms with E-state index in [1.54, 1.807) is 0 Å². The van der Waals surface area contributed by atoms with Gasteiger partial charge in [0.15, 0.2) is 0 Å². The van der Waals surface area contributed by atoms with Crippen molar-refractivity contribution >= 4 is 11.7 Å². The van der Waals surface area contributed by atoms with E-state index in [2.05, 4.69) is 28.1 Å². The van der Waals surface area contributed by atoms with Gasteiger partial charge in [-0.25, -0.2) is 4.79 Å². The van der Waals surface area contributed by atoms with Crippen molar-refractivity contribution in [2.75, 3.05) is 11.9 Å². The average Bonchev–Trinajstić information content (AvgIpc) is 2.27. The standard InChI is InChI=1S/C13H19N3O/c1-9(2)15-13(17)16-11-7-10-5-3-4-6-12(10)14-8-11/h3-6,9,11,14H,7-8H2,1-2H3,(H2,15,16,17). The molecule has 17 heavy (non-hydrogen) atoms. The van der Waals surface area contributed by atoms with Crippen LogP contribution in [-0.4, -0.2) is 24.7 Å². The Balaban J connectivity index is 1.92. The van der Waals surface area contributed by atoms with Gasteiger partial charge in [0.05, 0.1) is 6.04 Å². The Labute approximate surface area is 102 Å². The number of anilines is 1. The summed E-state index contributed by atoms with van der Waals surface area (Å²) >= 11 is 0. The quantitative estimate of drug-likeness (QED) is 0.728. The fourth-order valence-electron chi connectivity index (χ4n) is 2.03. The fraction of sp³-hybridized carbons (Fsp3) is 0.462. The molecular formula is C13H19N3O. The smallest absolute Gasteiger partial charge is 0.315 e. The second-order valence-electron chi connectivity index (χ2n) is 4.71. The van der Waals surface area contributed by atoms with Crippen LogP contribution in [0.2, 0.25) is 0 Å². The van der Waals surface area contributed by atoms with Crippen LogP contribution >= 0.6 is 0 Å². The largest absolute Gasteiger partial charge is 0.383 e. The number of nitrogens with one attached hydrogen (secondary N) is 3. The first-order chi connectivity index (χ1) is 8.15. The van der Waals surface area contributed by atoms with Crippen molar-refractivity contribution in [1.82, 2.24) is 10.6 Å². The van der Waals surface area contributed by atoms with Crippen molar-refractivity contribution in [3.63, 3.8) is 0 Å². The molecule has 1 heterocycles. The van der Waals surface area contributed by atoms with Crippen LogP contribution in [-0.2, 0) is 6.42 Å². The van der Waals surface area contributed by atoms with Gasteiger partial charge in [0, 0.05) is 18.3 Å². The van der Waals surface area contributed by atoms with Crippen LogP contribution in [0, 0.1) is 0 Å². The summed E-state index contributed by atoms with van der Waals surface area (Å²) in [4.78, 5) is 11.6. The first-order valence-corrected chi connectivity index (χ1v) is 6.04. The first kappa shape index (κ1) is 11.8. The van der Waals surface area contributed by atoms with E-state index in [9.17, 15) is 4.79 Å². The topological polar surface area (TPSA) is 53.2 Å². The molecule has 0 saturated heterocycles. The molecule has 0 saturated carbocycles. The van der Waals surface area contributed by atoms with E-state index in [1.165, 1.54) is 11.3 Å². The van der Waals surface area contributed by atoms with E-state index < -0.39 is 0 Å². The lowest BCUT2D eigenvalue weighted by Crippen LogP contribution is -2.49. The van der Waals surface area contributed by atoms with E-state index in [0.29, 0.717) is 0 Å². The van der Waals surface area contributed by atoms with Gasteiger partial charge in [-0.2, -0.15) is 0 Å². The SMILES string of the molecule is CC(C)NC(=O)NC1CNc2ccccc2C1. The molecule has 1 unspecified atom stereocenters. The number of carbonyl (C=O) groups excluding carboxylic acids is 1. The minimum atomic E-state index is -0.0915. The highest BCUT2D eigenvalue weighted by atomic mass is 16.2. The van der Waals surface area contributed by atoms with Gasteiger partial charge >= 0.3 is 6.03 Å². The molecule has 0 spiro atoms. The van der Waals surface area contributed by atoms with E-state index in [1.807, 2.05) is 26.0 Å². The molecule has 3 N–H and O–H groups in total. The summed E-state index contributed by atoms with van der Waals surface area (Å²) in [6.07, 6.45) is 0.884. The zero-order valence-electron chi connectivity index (χ0n) is 10.3. The third-order valence-electron chi connectivity index (χ3n) is 2.78. The average molecular weight is 233 g/mol. The van der Waals surface area contributed by atoms with E-state index in [4.69, 9.17) is 0 Å². The molecule has 0 aromatic heterocycles. The van der Waals surface area contributed by atoms with E-state index >= 15 is 0 Å². The number of rotatable bonds is 2. The third-order valence-corrected chi connectivity index (χ3v) is 2.78. The van der Waals surface area contributed by atoms with E-state index in [0.717, 1.165) is 13.0 Å². The number of hydrogen-bond donors (Lipinski definition) is 3. The molecule has 92 valence electrons. The fourth-order valence-corrected chi connectivity index (χ4v) is 2.03. The van der Waals surface area contributed by atoms with Gasteiger partial charge in [0.25, 0.3) is 0 Å². The minimum absolute atomic E-state index is 0.0915. The molecule has 1 aromatic rings. The van der Waals surface area contributed by atoms with Crippen molar-refractivity contribution in [3.8, 4) is 0 Å². The molecule has 4 nitrogen and oxygen atoms in total. The molecule has 1 atom stereocenters. The predicted octanol–water partition coefficient (Wildman–Crippen LogP) is 1.73. The Morgan fingerprint density at radius 2 is 2.18 bits per heavy atom. The number of carbonyl (C=O) groups is 1. The second kappa shape index (κ2) is 5.08. The maximum Gasteiger partial charge on any atom is 0.315 e. The molecule has 0 radical (unpaired) electrons. The molecule has 0 bridgehead atoms. The Morgan fingerprint density at radius 1 is 1.41 bits per heavy atom. The first-order valence-electron chi connectivity index (χ1n) is 6.04. The van der Waals surface area contributed by atoms with Crippen LogP contribution in [0.25, 0.3) is 0 Å². The summed E-state index contributed by atoms with van der Waals surface area (Å²) in [6.45, 7) is 4.69. The molecule has 2 amide bonds. The highest BCUT2D eigenvalue weighted by Gasteiger charge is 2.19. The van der Waals surface area contributed by atoms with Crippen molar-refractivity contribution in [1.29, 1.82) is 0 Å². The zero-order chi connectivity index (χ0) is 12.3. The molecule has 2 rings (SSSR count). The Morgan fingerprint density at radius 3 is 2.94 bits per heavy atom. The van der Waals surface area contributed by atoms with Crippen LogP contribution in [0.1, 0.15) is 19.4 Å². The van der Waals surface area contributed by atoms with Crippen molar-refractivity contribution in [2.24, 2.45) is 0 Å². The van der Waals surface area contributed by atoms with Crippen molar-refractivity contribution < 1.29 is 4.79 Å². The number of benzene rings is 1. The predicted molar refractivity (Wildman–Crippen MR) is 69.2 cm³/mol. The molecule has 1 aliphatic rings. The molecule has 1 aliphatic heterocycles. The lowest BCUT2D eigenvalue weighted by Gasteiger charge is -2.27. The Hall–Kier alpha value is -1.71. The second-order valence-corrected chi connectivity index (χ2v) is 4.71. The summed E-state index contributed by atoms with van der Waals surface area (Å²) in [5.74, 6) is 0. The van der Waals surface area contributed by atoms with Crippen molar-refractivity contribution in [2.45, 2.75) is 32.4 Å². The summed E-state index contributed by atoms with van der Waals surface area (Å²) < 4.78 is 0. The summed E-state index contributed by atoms with van der Waals surface area (Å²) in [7, 11) is 0. The molecule has 0 fully saturated rings. The monoisotopic (exact) mass is 233 g/mol. The number of hydrogen-bond acceptors (Lipinski definition) is 2. The third kappa shape index (κ3) is 3.12. The van der Waals surface area contributed by atoms with Gasteiger partial charge in [-0.3, -0.25) is 0 Å². The van der Waals surface area contributed by atoms with Crippen LogP contribution in [0.15, 0.2) is 24.3 Å². The maximum absolute atomic E-state index is 11.6. The molecule has 0 aliphatic carbocycles. The number of urea groups is 1. The Bertz CT molecular complexity index is 403. The van der Waals surface area contributed by atoms with Gasteiger partial charge in [-0.15, -0.1) is 0 Å².